The second-order valence-corrected chi connectivity index (χ2v) is 9.79. The van der Waals surface area contributed by atoms with E-state index < -0.39 is 9.84 Å². The van der Waals surface area contributed by atoms with Crippen LogP contribution in [0.15, 0.2) is 58.2 Å². The van der Waals surface area contributed by atoms with Gasteiger partial charge in [0.1, 0.15) is 10.6 Å². The van der Waals surface area contributed by atoms with Gasteiger partial charge in [-0.3, -0.25) is 14.2 Å². The van der Waals surface area contributed by atoms with Crippen LogP contribution in [0.1, 0.15) is 26.5 Å². The molecule has 1 amide bonds. The Morgan fingerprint density at radius 2 is 1.67 bits per heavy atom. The highest BCUT2D eigenvalue weighted by Crippen LogP contribution is 2.16. The number of hydrogen-bond donors (Lipinski definition) is 1. The first-order valence-electron chi connectivity index (χ1n) is 9.09. The molecule has 3 rings (SSSR count). The fraction of sp³-hybridized carbons (Fsp3) is 0.238. The summed E-state index contributed by atoms with van der Waals surface area (Å²) in [4.78, 5) is 25.4. The van der Waals surface area contributed by atoms with Gasteiger partial charge in [0.25, 0.3) is 5.91 Å². The van der Waals surface area contributed by atoms with Crippen LogP contribution in [0.25, 0.3) is 0 Å². The maximum absolute atomic E-state index is 12.6. The van der Waals surface area contributed by atoms with Crippen LogP contribution in [0.2, 0.25) is 0 Å². The molecule has 0 bridgehead atoms. The summed E-state index contributed by atoms with van der Waals surface area (Å²) < 4.78 is 29.8. The second kappa shape index (κ2) is 8.85. The third-order valence-corrected chi connectivity index (χ3v) is 6.86. The van der Waals surface area contributed by atoms with E-state index >= 15 is 0 Å². The van der Waals surface area contributed by atoms with Gasteiger partial charge in [-0.05, 0) is 42.3 Å². The summed E-state index contributed by atoms with van der Waals surface area (Å²) in [5.41, 5.74) is 2.26. The van der Waals surface area contributed by atoms with Crippen LogP contribution in [0.3, 0.4) is 0 Å². The van der Waals surface area contributed by atoms with E-state index in [1.165, 1.54) is 16.7 Å². The van der Waals surface area contributed by atoms with E-state index in [0.29, 0.717) is 17.1 Å². The van der Waals surface area contributed by atoms with Crippen molar-refractivity contribution in [3.8, 4) is 5.75 Å². The van der Waals surface area contributed by atoms with Crippen molar-refractivity contribution in [2.45, 2.75) is 24.9 Å². The number of carbonyl (C=O) groups excluding carboxylic acids is 1. The predicted molar refractivity (Wildman–Crippen MR) is 116 cm³/mol. The molecular formula is C21H22N2O5S2. The number of sulfone groups is 1. The smallest absolute Gasteiger partial charge is 0.308 e. The third kappa shape index (κ3) is 4.98. The molecule has 0 spiro atoms. The SMILES string of the molecule is COc1ccc(CNC(=O)c2sc(=O)n(Cc3ccc(S(C)(=O)=O)cc3)c2C)cc1. The molecule has 0 atom stereocenters. The Labute approximate surface area is 178 Å². The molecule has 0 aliphatic carbocycles. The van der Waals surface area contributed by atoms with Crippen molar-refractivity contribution in [1.82, 2.24) is 9.88 Å². The van der Waals surface area contributed by atoms with Gasteiger partial charge in [-0.1, -0.05) is 35.6 Å². The standard InChI is InChI=1S/C21H22N2O5S2/c1-14-19(20(24)22-12-15-4-8-17(28-2)9-5-15)29-21(25)23(14)13-16-6-10-18(11-7-16)30(3,26)27/h4-11H,12-13H2,1-3H3,(H,22,24). The zero-order valence-electron chi connectivity index (χ0n) is 16.8. The summed E-state index contributed by atoms with van der Waals surface area (Å²) >= 11 is 0.896. The number of ether oxygens (including phenoxy) is 1. The molecule has 30 heavy (non-hydrogen) atoms. The Morgan fingerprint density at radius 3 is 2.23 bits per heavy atom. The van der Waals surface area contributed by atoms with E-state index in [1.807, 2.05) is 24.3 Å². The van der Waals surface area contributed by atoms with Gasteiger partial charge < -0.3 is 10.1 Å². The Kier molecular flexibility index (Phi) is 6.42. The Morgan fingerprint density at radius 1 is 1.07 bits per heavy atom. The summed E-state index contributed by atoms with van der Waals surface area (Å²) in [5, 5.41) is 2.83. The Balaban J connectivity index is 1.72. The lowest BCUT2D eigenvalue weighted by molar-refractivity contribution is 0.0954. The number of benzene rings is 2. The Bertz CT molecular complexity index is 1210. The minimum Gasteiger partial charge on any atom is -0.497 e. The molecule has 0 saturated heterocycles. The van der Waals surface area contributed by atoms with Crippen molar-refractivity contribution in [2.75, 3.05) is 13.4 Å². The molecule has 1 heterocycles. The fourth-order valence-corrected chi connectivity index (χ4v) is 4.44. The zero-order chi connectivity index (χ0) is 21.9. The lowest BCUT2D eigenvalue weighted by Crippen LogP contribution is -2.23. The van der Waals surface area contributed by atoms with Crippen molar-refractivity contribution in [1.29, 1.82) is 0 Å². The third-order valence-electron chi connectivity index (χ3n) is 4.65. The first-order valence-corrected chi connectivity index (χ1v) is 11.8. The molecule has 1 aromatic heterocycles. The van der Waals surface area contributed by atoms with Crippen molar-refractivity contribution in [2.24, 2.45) is 0 Å². The minimum atomic E-state index is -3.28. The molecule has 2 aromatic carbocycles. The maximum atomic E-state index is 12.6. The van der Waals surface area contributed by atoms with Gasteiger partial charge in [0.2, 0.25) is 0 Å². The number of thiazole rings is 1. The summed E-state index contributed by atoms with van der Waals surface area (Å²) in [6, 6.07) is 13.7. The number of rotatable bonds is 7. The van der Waals surface area contributed by atoms with E-state index in [9.17, 15) is 18.0 Å². The highest BCUT2D eigenvalue weighted by atomic mass is 32.2. The van der Waals surface area contributed by atoms with Gasteiger partial charge in [0.15, 0.2) is 9.84 Å². The molecule has 0 radical (unpaired) electrons. The first-order chi connectivity index (χ1) is 14.2. The van der Waals surface area contributed by atoms with Crippen LogP contribution < -0.4 is 14.9 Å². The van der Waals surface area contributed by atoms with Crippen molar-refractivity contribution < 1.29 is 17.9 Å². The highest BCUT2D eigenvalue weighted by molar-refractivity contribution is 7.90. The average molecular weight is 447 g/mol. The number of aromatic nitrogens is 1. The number of nitrogens with one attached hydrogen (secondary N) is 1. The minimum absolute atomic E-state index is 0.222. The van der Waals surface area contributed by atoms with E-state index in [4.69, 9.17) is 4.74 Å². The van der Waals surface area contributed by atoms with Crippen molar-refractivity contribution >= 4 is 27.1 Å². The van der Waals surface area contributed by atoms with E-state index in [2.05, 4.69) is 5.32 Å². The normalized spacial score (nSPS) is 11.3. The van der Waals surface area contributed by atoms with Crippen LogP contribution in [0.5, 0.6) is 5.75 Å². The topological polar surface area (TPSA) is 94.5 Å². The summed E-state index contributed by atoms with van der Waals surface area (Å²) in [6.45, 7) is 2.32. The van der Waals surface area contributed by atoms with Gasteiger partial charge in [-0.25, -0.2) is 8.42 Å². The quantitative estimate of drug-likeness (QED) is 0.602. The van der Waals surface area contributed by atoms with E-state index in [-0.39, 0.29) is 22.2 Å². The largest absolute Gasteiger partial charge is 0.497 e. The van der Waals surface area contributed by atoms with Crippen LogP contribution >= 0.6 is 11.3 Å². The number of carbonyl (C=O) groups is 1. The molecule has 0 unspecified atom stereocenters. The monoisotopic (exact) mass is 446 g/mol. The lowest BCUT2D eigenvalue weighted by Gasteiger charge is -2.08. The van der Waals surface area contributed by atoms with Gasteiger partial charge in [0, 0.05) is 18.5 Å². The molecule has 0 fully saturated rings. The van der Waals surface area contributed by atoms with Crippen LogP contribution in [-0.2, 0) is 22.9 Å². The van der Waals surface area contributed by atoms with Crippen LogP contribution in [0.4, 0.5) is 0 Å². The summed E-state index contributed by atoms with van der Waals surface area (Å²) in [6.07, 6.45) is 1.15. The molecule has 0 aliphatic heterocycles. The zero-order valence-corrected chi connectivity index (χ0v) is 18.5. The van der Waals surface area contributed by atoms with Gasteiger partial charge in [0.05, 0.1) is 18.6 Å². The molecule has 9 heteroatoms. The number of nitrogens with zero attached hydrogens (tertiary/aromatic N) is 1. The number of amides is 1. The molecule has 0 saturated carbocycles. The van der Waals surface area contributed by atoms with Gasteiger partial charge in [-0.2, -0.15) is 0 Å². The molecule has 158 valence electrons. The molecule has 0 aliphatic rings. The fourth-order valence-electron chi connectivity index (χ4n) is 2.90. The van der Waals surface area contributed by atoms with Gasteiger partial charge >= 0.3 is 4.87 Å². The Hall–Kier alpha value is -2.91. The van der Waals surface area contributed by atoms with Crippen molar-refractivity contribution in [3.05, 3.63) is 79.9 Å². The van der Waals surface area contributed by atoms with Crippen LogP contribution in [-0.4, -0.2) is 32.3 Å². The first kappa shape index (κ1) is 21.8. The molecule has 3 aromatic rings. The van der Waals surface area contributed by atoms with Crippen molar-refractivity contribution in [3.63, 3.8) is 0 Å². The highest BCUT2D eigenvalue weighted by Gasteiger charge is 2.18. The predicted octanol–water partition coefficient (Wildman–Crippen LogP) is 2.61. The van der Waals surface area contributed by atoms with E-state index in [1.54, 1.807) is 26.2 Å². The number of hydrogen-bond acceptors (Lipinski definition) is 6. The maximum Gasteiger partial charge on any atom is 0.308 e. The van der Waals surface area contributed by atoms with E-state index in [0.717, 1.165) is 34.5 Å². The summed E-state index contributed by atoms with van der Waals surface area (Å²) in [5.74, 6) is 0.428. The number of methoxy groups -OCH3 is 1. The second-order valence-electron chi connectivity index (χ2n) is 6.82. The molecule has 7 nitrogen and oxygen atoms in total. The summed E-state index contributed by atoms with van der Waals surface area (Å²) in [7, 11) is -1.69. The van der Waals surface area contributed by atoms with Gasteiger partial charge in [-0.15, -0.1) is 0 Å². The lowest BCUT2D eigenvalue weighted by atomic mass is 10.2. The molecular weight excluding hydrogens is 424 g/mol. The van der Waals surface area contributed by atoms with Crippen LogP contribution in [0, 0.1) is 6.92 Å². The molecule has 1 N–H and O–H groups in total. The average Bonchev–Trinajstić information content (AvgIpc) is 3.00.